The minimum absolute atomic E-state index is 0. The van der Waals surface area contributed by atoms with Crippen LogP contribution in [0.2, 0.25) is 0 Å². The second kappa shape index (κ2) is 8.40. The van der Waals surface area contributed by atoms with Crippen molar-refractivity contribution in [2.24, 2.45) is 4.99 Å². The first-order valence-electron chi connectivity index (χ1n) is 6.88. The minimum atomic E-state index is 0. The zero-order valence-corrected chi connectivity index (χ0v) is 14.1. The molecule has 1 aromatic rings. The first kappa shape index (κ1) is 16.3. The topological polar surface area (TPSA) is 36.4 Å². The smallest absolute Gasteiger partial charge is 0.191 e. The van der Waals surface area contributed by atoms with E-state index in [1.54, 1.807) is 0 Å². The van der Waals surface area contributed by atoms with Crippen molar-refractivity contribution in [3.8, 4) is 0 Å². The van der Waals surface area contributed by atoms with E-state index in [0.29, 0.717) is 6.04 Å². The van der Waals surface area contributed by atoms with Gasteiger partial charge in [-0.05, 0) is 38.7 Å². The van der Waals surface area contributed by atoms with Gasteiger partial charge in [-0.15, -0.1) is 24.0 Å². The second-order valence-electron chi connectivity index (χ2n) is 4.91. The van der Waals surface area contributed by atoms with Crippen molar-refractivity contribution in [2.75, 3.05) is 13.1 Å². The number of benzene rings is 1. The zero-order chi connectivity index (χ0) is 12.8. The van der Waals surface area contributed by atoms with Crippen molar-refractivity contribution in [2.45, 2.75) is 39.2 Å². The molecule has 0 aliphatic heterocycles. The molecule has 1 fully saturated rings. The summed E-state index contributed by atoms with van der Waals surface area (Å²) < 4.78 is 0. The summed E-state index contributed by atoms with van der Waals surface area (Å²) in [6.07, 6.45) is 3.56. The standard InChI is InChI=1S/C15H23N3.HI/c1-3-16-15(18-14-8-9-14)17-11-10-13-6-4-12(2)5-7-13;/h4-7,14H,3,8-11H2,1-2H3,(H2,16,17,18);1H. The normalized spacial score (nSPS) is 14.7. The molecule has 1 aromatic carbocycles. The fourth-order valence-electron chi connectivity index (χ4n) is 1.79. The number of guanidine groups is 1. The monoisotopic (exact) mass is 373 g/mol. The van der Waals surface area contributed by atoms with Crippen LogP contribution in [0.4, 0.5) is 0 Å². The van der Waals surface area contributed by atoms with Crippen LogP contribution in [-0.4, -0.2) is 25.1 Å². The number of nitrogens with one attached hydrogen (secondary N) is 2. The van der Waals surface area contributed by atoms with Gasteiger partial charge in [0.1, 0.15) is 0 Å². The van der Waals surface area contributed by atoms with E-state index in [0.717, 1.165) is 25.5 Å². The van der Waals surface area contributed by atoms with Crippen molar-refractivity contribution in [3.63, 3.8) is 0 Å². The first-order chi connectivity index (χ1) is 8.78. The van der Waals surface area contributed by atoms with Gasteiger partial charge in [0.25, 0.3) is 0 Å². The predicted molar refractivity (Wildman–Crippen MR) is 92.4 cm³/mol. The molecule has 0 radical (unpaired) electrons. The molecule has 106 valence electrons. The number of aliphatic imine (C=N–C) groups is 1. The summed E-state index contributed by atoms with van der Waals surface area (Å²) >= 11 is 0. The fraction of sp³-hybridized carbons (Fsp3) is 0.533. The summed E-state index contributed by atoms with van der Waals surface area (Å²) in [5.41, 5.74) is 2.66. The highest BCUT2D eigenvalue weighted by Crippen LogP contribution is 2.18. The van der Waals surface area contributed by atoms with E-state index in [-0.39, 0.29) is 24.0 Å². The lowest BCUT2D eigenvalue weighted by molar-refractivity contribution is 0.808. The number of hydrogen-bond donors (Lipinski definition) is 2. The lowest BCUT2D eigenvalue weighted by Crippen LogP contribution is -2.38. The van der Waals surface area contributed by atoms with Crippen molar-refractivity contribution < 1.29 is 0 Å². The lowest BCUT2D eigenvalue weighted by atomic mass is 10.1. The SMILES string of the molecule is CCNC(=NCCc1ccc(C)cc1)NC1CC1.I. The summed E-state index contributed by atoms with van der Waals surface area (Å²) in [5.74, 6) is 0.965. The largest absolute Gasteiger partial charge is 0.357 e. The molecule has 2 N–H and O–H groups in total. The number of aryl methyl sites for hydroxylation is 1. The van der Waals surface area contributed by atoms with Gasteiger partial charge in [0, 0.05) is 19.1 Å². The van der Waals surface area contributed by atoms with Crippen LogP contribution in [0.3, 0.4) is 0 Å². The zero-order valence-electron chi connectivity index (χ0n) is 11.8. The number of rotatable bonds is 5. The second-order valence-corrected chi connectivity index (χ2v) is 4.91. The van der Waals surface area contributed by atoms with Gasteiger partial charge in [-0.2, -0.15) is 0 Å². The molecule has 19 heavy (non-hydrogen) atoms. The Bertz CT molecular complexity index is 396. The van der Waals surface area contributed by atoms with Gasteiger partial charge in [-0.3, -0.25) is 4.99 Å². The van der Waals surface area contributed by atoms with Crippen LogP contribution in [-0.2, 0) is 6.42 Å². The van der Waals surface area contributed by atoms with E-state index < -0.39 is 0 Å². The van der Waals surface area contributed by atoms with Crippen LogP contribution in [0.5, 0.6) is 0 Å². The Morgan fingerprint density at radius 1 is 1.26 bits per heavy atom. The highest BCUT2D eigenvalue weighted by Gasteiger charge is 2.21. The van der Waals surface area contributed by atoms with Crippen LogP contribution in [0, 0.1) is 6.92 Å². The molecule has 3 nitrogen and oxygen atoms in total. The molecule has 0 unspecified atom stereocenters. The Kier molecular flexibility index (Phi) is 7.20. The molecule has 0 heterocycles. The van der Waals surface area contributed by atoms with E-state index in [2.05, 4.69) is 53.7 Å². The van der Waals surface area contributed by atoms with Gasteiger partial charge in [0.05, 0.1) is 0 Å². The third-order valence-electron chi connectivity index (χ3n) is 3.05. The quantitative estimate of drug-likeness (QED) is 0.473. The Balaban J connectivity index is 0.00000180. The summed E-state index contributed by atoms with van der Waals surface area (Å²) in [4.78, 5) is 4.61. The van der Waals surface area contributed by atoms with Gasteiger partial charge < -0.3 is 10.6 Å². The van der Waals surface area contributed by atoms with Gasteiger partial charge in [0.15, 0.2) is 5.96 Å². The molecule has 0 atom stereocenters. The first-order valence-corrected chi connectivity index (χ1v) is 6.88. The van der Waals surface area contributed by atoms with E-state index in [1.807, 2.05) is 0 Å². The van der Waals surface area contributed by atoms with Crippen LogP contribution >= 0.6 is 24.0 Å². The van der Waals surface area contributed by atoms with Crippen LogP contribution < -0.4 is 10.6 Å². The van der Waals surface area contributed by atoms with E-state index in [9.17, 15) is 0 Å². The van der Waals surface area contributed by atoms with Crippen molar-refractivity contribution >= 4 is 29.9 Å². The number of nitrogens with zero attached hydrogens (tertiary/aromatic N) is 1. The Labute approximate surface area is 133 Å². The van der Waals surface area contributed by atoms with E-state index in [1.165, 1.54) is 24.0 Å². The molecule has 0 saturated heterocycles. The molecule has 0 spiro atoms. The van der Waals surface area contributed by atoms with Crippen molar-refractivity contribution in [1.82, 2.24) is 10.6 Å². The number of halogens is 1. The molecule has 0 aromatic heterocycles. The summed E-state index contributed by atoms with van der Waals surface area (Å²) in [7, 11) is 0. The van der Waals surface area contributed by atoms with Crippen molar-refractivity contribution in [1.29, 1.82) is 0 Å². The van der Waals surface area contributed by atoms with Crippen LogP contribution in [0.1, 0.15) is 30.9 Å². The molecule has 4 heteroatoms. The highest BCUT2D eigenvalue weighted by atomic mass is 127. The average molecular weight is 373 g/mol. The average Bonchev–Trinajstić information content (AvgIpc) is 3.16. The maximum Gasteiger partial charge on any atom is 0.191 e. The lowest BCUT2D eigenvalue weighted by Gasteiger charge is -2.10. The fourth-order valence-corrected chi connectivity index (χ4v) is 1.79. The molecular formula is C15H24IN3. The Morgan fingerprint density at radius 3 is 2.53 bits per heavy atom. The molecule has 0 bridgehead atoms. The highest BCUT2D eigenvalue weighted by molar-refractivity contribution is 14.0. The van der Waals surface area contributed by atoms with E-state index in [4.69, 9.17) is 0 Å². The Morgan fingerprint density at radius 2 is 1.95 bits per heavy atom. The van der Waals surface area contributed by atoms with Crippen LogP contribution in [0.25, 0.3) is 0 Å². The van der Waals surface area contributed by atoms with Gasteiger partial charge in [0.2, 0.25) is 0 Å². The molecule has 1 saturated carbocycles. The third-order valence-corrected chi connectivity index (χ3v) is 3.05. The molecule has 0 amide bonds. The van der Waals surface area contributed by atoms with Gasteiger partial charge in [-0.25, -0.2) is 0 Å². The van der Waals surface area contributed by atoms with Gasteiger partial charge >= 0.3 is 0 Å². The maximum atomic E-state index is 4.61. The minimum Gasteiger partial charge on any atom is -0.357 e. The molecule has 1 aliphatic rings. The molecule has 2 rings (SSSR count). The van der Waals surface area contributed by atoms with E-state index >= 15 is 0 Å². The van der Waals surface area contributed by atoms with Gasteiger partial charge in [-0.1, -0.05) is 29.8 Å². The molecule has 1 aliphatic carbocycles. The van der Waals surface area contributed by atoms with Crippen LogP contribution in [0.15, 0.2) is 29.3 Å². The summed E-state index contributed by atoms with van der Waals surface area (Å²) in [6, 6.07) is 9.35. The third kappa shape index (κ3) is 6.27. The number of hydrogen-bond acceptors (Lipinski definition) is 1. The maximum absolute atomic E-state index is 4.61. The summed E-state index contributed by atoms with van der Waals surface area (Å²) in [5, 5.41) is 6.71. The molecular weight excluding hydrogens is 349 g/mol. The predicted octanol–water partition coefficient (Wildman–Crippen LogP) is 2.87. The summed E-state index contributed by atoms with van der Waals surface area (Å²) in [6.45, 7) is 5.98. The Hall–Kier alpha value is -0.780. The van der Waals surface area contributed by atoms with Crippen molar-refractivity contribution in [3.05, 3.63) is 35.4 Å².